The molecule has 3 aromatic heterocycles. The van der Waals surface area contributed by atoms with E-state index >= 15 is 0 Å². The third kappa shape index (κ3) is 4.73. The number of aliphatic hydroxyl groups excluding tert-OH is 1. The van der Waals surface area contributed by atoms with Crippen molar-refractivity contribution in [3.05, 3.63) is 42.0 Å². The number of aliphatic hydroxyl groups is 1. The number of sulfonamides is 1. The molecule has 1 atom stereocenters. The predicted octanol–water partition coefficient (Wildman–Crippen LogP) is 3.25. The van der Waals surface area contributed by atoms with Gasteiger partial charge in [0.2, 0.25) is 10.0 Å². The highest BCUT2D eigenvalue weighted by Gasteiger charge is 2.30. The van der Waals surface area contributed by atoms with Gasteiger partial charge in [-0.05, 0) is 44.4 Å². The number of rotatable bonds is 8. The van der Waals surface area contributed by atoms with E-state index in [0.29, 0.717) is 39.9 Å². The van der Waals surface area contributed by atoms with Crippen LogP contribution in [0.3, 0.4) is 0 Å². The standard InChI is InChI=1S/C24H30N8O3S/c1-13-17(12-31(3)30-13)16-8-9-18(20(10-16)32(4)36(5,34)35)27-19-11-21(29-24(33)15-6-7-15)28-23-22(19)25-14(2)26-23/h8-12,15,24,33H,6-7H2,1-5H3,(H3,25,26,27,28,29). The zero-order valence-corrected chi connectivity index (χ0v) is 21.7. The number of fused-ring (bicyclic) bond motifs is 1. The number of anilines is 4. The van der Waals surface area contributed by atoms with Gasteiger partial charge in [0.15, 0.2) is 5.65 Å². The first-order valence-electron chi connectivity index (χ1n) is 11.7. The molecule has 190 valence electrons. The maximum atomic E-state index is 12.5. The van der Waals surface area contributed by atoms with Gasteiger partial charge in [0, 0.05) is 37.8 Å². The third-order valence-electron chi connectivity index (χ3n) is 6.37. The highest BCUT2D eigenvalue weighted by Crippen LogP contribution is 2.37. The molecule has 4 N–H and O–H groups in total. The Kier molecular flexibility index (Phi) is 5.87. The van der Waals surface area contributed by atoms with Crippen molar-refractivity contribution in [1.82, 2.24) is 24.7 Å². The summed E-state index contributed by atoms with van der Waals surface area (Å²) < 4.78 is 28.0. The fourth-order valence-electron chi connectivity index (χ4n) is 4.23. The first-order chi connectivity index (χ1) is 17.0. The van der Waals surface area contributed by atoms with Gasteiger partial charge in [0.05, 0.1) is 29.0 Å². The molecule has 0 radical (unpaired) electrons. The molecule has 1 unspecified atom stereocenters. The van der Waals surface area contributed by atoms with E-state index in [0.717, 1.165) is 29.7 Å². The number of nitrogens with zero attached hydrogens (tertiary/aromatic N) is 5. The molecule has 1 saturated carbocycles. The van der Waals surface area contributed by atoms with Crippen LogP contribution in [0.5, 0.6) is 0 Å². The molecular weight excluding hydrogens is 480 g/mol. The number of benzene rings is 1. The van der Waals surface area contributed by atoms with Gasteiger partial charge in [0.25, 0.3) is 0 Å². The number of imidazole rings is 1. The first-order valence-corrected chi connectivity index (χ1v) is 13.5. The number of hydrogen-bond acceptors (Lipinski definition) is 8. The van der Waals surface area contributed by atoms with Gasteiger partial charge in [-0.15, -0.1) is 0 Å². The van der Waals surface area contributed by atoms with Gasteiger partial charge >= 0.3 is 0 Å². The molecule has 0 spiro atoms. The molecule has 36 heavy (non-hydrogen) atoms. The lowest BCUT2D eigenvalue weighted by atomic mass is 10.1. The highest BCUT2D eigenvalue weighted by molar-refractivity contribution is 7.92. The van der Waals surface area contributed by atoms with Crippen LogP contribution in [0, 0.1) is 19.8 Å². The molecule has 0 bridgehead atoms. The Morgan fingerprint density at radius 1 is 1.19 bits per heavy atom. The number of H-pyrrole nitrogens is 1. The molecule has 3 heterocycles. The van der Waals surface area contributed by atoms with Crippen molar-refractivity contribution >= 4 is 44.1 Å². The Hall–Kier alpha value is -3.64. The molecule has 4 aromatic rings. The van der Waals surface area contributed by atoms with Crippen molar-refractivity contribution in [2.45, 2.75) is 32.9 Å². The maximum absolute atomic E-state index is 12.5. The van der Waals surface area contributed by atoms with Crippen LogP contribution < -0.4 is 14.9 Å². The smallest absolute Gasteiger partial charge is 0.232 e. The highest BCUT2D eigenvalue weighted by atomic mass is 32.2. The van der Waals surface area contributed by atoms with Crippen LogP contribution in [-0.4, -0.2) is 57.8 Å². The van der Waals surface area contributed by atoms with Gasteiger partial charge in [0.1, 0.15) is 23.4 Å². The summed E-state index contributed by atoms with van der Waals surface area (Å²) in [6, 6.07) is 7.40. The minimum absolute atomic E-state index is 0.221. The summed E-state index contributed by atoms with van der Waals surface area (Å²) in [5.41, 5.74) is 5.50. The fourth-order valence-corrected chi connectivity index (χ4v) is 4.74. The number of aryl methyl sites for hydroxylation is 3. The fraction of sp³-hybridized carbons (Fsp3) is 0.375. The molecule has 0 amide bonds. The summed E-state index contributed by atoms with van der Waals surface area (Å²) in [5, 5.41) is 21.2. The third-order valence-corrected chi connectivity index (χ3v) is 7.56. The summed E-state index contributed by atoms with van der Waals surface area (Å²) in [7, 11) is -0.170. The van der Waals surface area contributed by atoms with E-state index in [1.807, 2.05) is 45.3 Å². The molecule has 1 aromatic carbocycles. The molecule has 0 aliphatic heterocycles. The number of aromatic nitrogens is 5. The van der Waals surface area contributed by atoms with Crippen LogP contribution in [0.25, 0.3) is 22.3 Å². The zero-order valence-electron chi connectivity index (χ0n) is 20.9. The van der Waals surface area contributed by atoms with Gasteiger partial charge in [-0.2, -0.15) is 5.10 Å². The summed E-state index contributed by atoms with van der Waals surface area (Å²) in [5.74, 6) is 1.39. The second-order valence-electron chi connectivity index (χ2n) is 9.39. The van der Waals surface area contributed by atoms with Crippen molar-refractivity contribution in [2.24, 2.45) is 13.0 Å². The Morgan fingerprint density at radius 2 is 1.94 bits per heavy atom. The van der Waals surface area contributed by atoms with E-state index in [2.05, 4.69) is 30.7 Å². The minimum atomic E-state index is -3.54. The molecule has 1 aliphatic carbocycles. The van der Waals surface area contributed by atoms with E-state index < -0.39 is 16.3 Å². The topological polar surface area (TPSA) is 141 Å². The average molecular weight is 511 g/mol. The van der Waals surface area contributed by atoms with E-state index in [9.17, 15) is 13.5 Å². The van der Waals surface area contributed by atoms with Crippen molar-refractivity contribution in [1.29, 1.82) is 0 Å². The molecule has 11 nitrogen and oxygen atoms in total. The lowest BCUT2D eigenvalue weighted by molar-refractivity contribution is 0.179. The maximum Gasteiger partial charge on any atom is 0.232 e. The second kappa shape index (κ2) is 8.79. The minimum Gasteiger partial charge on any atom is -0.373 e. The molecule has 1 aliphatic rings. The van der Waals surface area contributed by atoms with Crippen molar-refractivity contribution in [3.63, 3.8) is 0 Å². The van der Waals surface area contributed by atoms with Crippen molar-refractivity contribution in [3.8, 4) is 11.1 Å². The van der Waals surface area contributed by atoms with Crippen LogP contribution in [-0.2, 0) is 17.1 Å². The lowest BCUT2D eigenvalue weighted by Gasteiger charge is -2.22. The molecule has 0 saturated heterocycles. The molecule has 5 rings (SSSR count). The summed E-state index contributed by atoms with van der Waals surface area (Å²) in [6.45, 7) is 3.76. The SMILES string of the molecule is Cc1nc2nc(NC(O)C3CC3)cc(Nc3ccc(-c4cn(C)nc4C)cc3N(C)S(C)(=O)=O)c2[nH]1. The Bertz CT molecular complexity index is 1560. The second-order valence-corrected chi connectivity index (χ2v) is 11.4. The number of nitrogens with one attached hydrogen (secondary N) is 3. The van der Waals surface area contributed by atoms with Gasteiger partial charge < -0.3 is 20.7 Å². The monoisotopic (exact) mass is 510 g/mol. The van der Waals surface area contributed by atoms with Crippen LogP contribution in [0.2, 0.25) is 0 Å². The summed E-state index contributed by atoms with van der Waals surface area (Å²) in [4.78, 5) is 12.2. The van der Waals surface area contributed by atoms with Crippen LogP contribution >= 0.6 is 0 Å². The van der Waals surface area contributed by atoms with Crippen LogP contribution in [0.4, 0.5) is 22.9 Å². The molecule has 12 heteroatoms. The van der Waals surface area contributed by atoms with Crippen LogP contribution in [0.15, 0.2) is 30.5 Å². The normalized spacial score (nSPS) is 14.7. The predicted molar refractivity (Wildman–Crippen MR) is 141 cm³/mol. The number of hydrogen-bond donors (Lipinski definition) is 4. The van der Waals surface area contributed by atoms with E-state index in [4.69, 9.17) is 0 Å². The Balaban J connectivity index is 1.59. The largest absolute Gasteiger partial charge is 0.373 e. The number of aromatic amines is 1. The zero-order chi connectivity index (χ0) is 25.8. The van der Waals surface area contributed by atoms with Crippen LogP contribution in [0.1, 0.15) is 24.4 Å². The van der Waals surface area contributed by atoms with Gasteiger partial charge in [-0.3, -0.25) is 8.99 Å². The average Bonchev–Trinajstić information content (AvgIpc) is 3.50. The molecule has 1 fully saturated rings. The lowest BCUT2D eigenvalue weighted by Crippen LogP contribution is -2.25. The van der Waals surface area contributed by atoms with Gasteiger partial charge in [-0.1, -0.05) is 6.07 Å². The molecular formula is C24H30N8O3S. The Morgan fingerprint density at radius 3 is 2.58 bits per heavy atom. The van der Waals surface area contributed by atoms with Crippen molar-refractivity contribution in [2.75, 3.05) is 28.2 Å². The van der Waals surface area contributed by atoms with E-state index in [1.54, 1.807) is 10.7 Å². The number of pyridine rings is 1. The van der Waals surface area contributed by atoms with Gasteiger partial charge in [-0.25, -0.2) is 18.4 Å². The summed E-state index contributed by atoms with van der Waals surface area (Å²) in [6.07, 6.45) is 4.35. The quantitative estimate of drug-likeness (QED) is 0.265. The van der Waals surface area contributed by atoms with Crippen molar-refractivity contribution < 1.29 is 13.5 Å². The van der Waals surface area contributed by atoms with E-state index in [1.165, 1.54) is 17.6 Å². The summed E-state index contributed by atoms with van der Waals surface area (Å²) >= 11 is 0. The van der Waals surface area contributed by atoms with E-state index in [-0.39, 0.29) is 5.92 Å². The first kappa shape index (κ1) is 24.1. The Labute approximate surface area is 209 Å².